The van der Waals surface area contributed by atoms with Crippen LogP contribution in [0, 0.1) is 11.8 Å². The van der Waals surface area contributed by atoms with Gasteiger partial charge >= 0.3 is 5.97 Å². The quantitative estimate of drug-likeness (QED) is 0.812. The zero-order valence-electron chi connectivity index (χ0n) is 14.7. The third-order valence-electron chi connectivity index (χ3n) is 4.79. The molecule has 0 bridgehead atoms. The first-order valence-corrected chi connectivity index (χ1v) is 8.70. The lowest BCUT2D eigenvalue weighted by atomic mass is 9.78. The highest BCUT2D eigenvalue weighted by atomic mass is 16.5. The van der Waals surface area contributed by atoms with E-state index in [2.05, 4.69) is 19.2 Å². The molecule has 5 heteroatoms. The zero-order chi connectivity index (χ0) is 17.5. The van der Waals surface area contributed by atoms with Crippen molar-refractivity contribution in [3.05, 3.63) is 29.8 Å². The second-order valence-electron chi connectivity index (χ2n) is 6.47. The standard InChI is InChI=1S/C19H27NO4/c1-4-23-19(22)15-8-10-16(11-9-15)24-12-18(21)20-17-7-5-6-13(2)14(17)3/h8-11,13-14,17H,4-7,12H2,1-3H3,(H,20,21)/t13-,14-,17-/m0/s1. The summed E-state index contributed by atoms with van der Waals surface area (Å²) < 4.78 is 10.4. The van der Waals surface area contributed by atoms with Gasteiger partial charge < -0.3 is 14.8 Å². The van der Waals surface area contributed by atoms with Crippen LogP contribution in [0.4, 0.5) is 0 Å². The second kappa shape index (κ2) is 8.71. The van der Waals surface area contributed by atoms with E-state index < -0.39 is 0 Å². The van der Waals surface area contributed by atoms with Crippen molar-refractivity contribution in [1.82, 2.24) is 5.32 Å². The molecule has 0 saturated heterocycles. The van der Waals surface area contributed by atoms with Gasteiger partial charge in [0, 0.05) is 6.04 Å². The fourth-order valence-electron chi connectivity index (χ4n) is 3.08. The maximum absolute atomic E-state index is 12.1. The van der Waals surface area contributed by atoms with E-state index in [-0.39, 0.29) is 24.5 Å². The van der Waals surface area contributed by atoms with Crippen molar-refractivity contribution >= 4 is 11.9 Å². The number of benzene rings is 1. The monoisotopic (exact) mass is 333 g/mol. The van der Waals surface area contributed by atoms with Gasteiger partial charge in [-0.25, -0.2) is 4.79 Å². The van der Waals surface area contributed by atoms with Gasteiger partial charge in [-0.2, -0.15) is 0 Å². The molecule has 1 aromatic carbocycles. The Morgan fingerprint density at radius 3 is 2.54 bits per heavy atom. The molecule has 1 fully saturated rings. The van der Waals surface area contributed by atoms with Gasteiger partial charge in [0.05, 0.1) is 12.2 Å². The highest BCUT2D eigenvalue weighted by Crippen LogP contribution is 2.29. The number of amides is 1. The predicted molar refractivity (Wildman–Crippen MR) is 92.0 cm³/mol. The minimum Gasteiger partial charge on any atom is -0.484 e. The van der Waals surface area contributed by atoms with Crippen LogP contribution in [0.5, 0.6) is 5.75 Å². The number of hydrogen-bond acceptors (Lipinski definition) is 4. The number of carbonyl (C=O) groups excluding carboxylic acids is 2. The van der Waals surface area contributed by atoms with E-state index in [4.69, 9.17) is 9.47 Å². The summed E-state index contributed by atoms with van der Waals surface area (Å²) >= 11 is 0. The van der Waals surface area contributed by atoms with Crippen molar-refractivity contribution in [3.63, 3.8) is 0 Å². The van der Waals surface area contributed by atoms with Crippen molar-refractivity contribution < 1.29 is 19.1 Å². The number of nitrogens with one attached hydrogen (secondary N) is 1. The lowest BCUT2D eigenvalue weighted by Gasteiger charge is -2.34. The Bertz CT molecular complexity index is 555. The molecule has 1 aliphatic carbocycles. The van der Waals surface area contributed by atoms with E-state index in [0.717, 1.165) is 12.8 Å². The highest BCUT2D eigenvalue weighted by Gasteiger charge is 2.28. The van der Waals surface area contributed by atoms with Crippen LogP contribution >= 0.6 is 0 Å². The molecule has 0 aromatic heterocycles. The van der Waals surface area contributed by atoms with E-state index in [1.54, 1.807) is 31.2 Å². The molecule has 0 spiro atoms. The van der Waals surface area contributed by atoms with Crippen molar-refractivity contribution in [1.29, 1.82) is 0 Å². The molecule has 0 radical (unpaired) electrons. The Morgan fingerprint density at radius 2 is 1.88 bits per heavy atom. The molecule has 0 aliphatic heterocycles. The summed E-state index contributed by atoms with van der Waals surface area (Å²) in [7, 11) is 0. The third-order valence-corrected chi connectivity index (χ3v) is 4.79. The summed E-state index contributed by atoms with van der Waals surface area (Å²) in [6, 6.07) is 6.85. The molecule has 1 aromatic rings. The van der Waals surface area contributed by atoms with Gasteiger partial charge in [0.1, 0.15) is 5.75 Å². The Kier molecular flexibility index (Phi) is 6.64. The van der Waals surface area contributed by atoms with Crippen LogP contribution in [0.1, 0.15) is 50.4 Å². The molecule has 3 atom stereocenters. The fourth-order valence-corrected chi connectivity index (χ4v) is 3.08. The SMILES string of the molecule is CCOC(=O)c1ccc(OCC(=O)N[C@H]2CCC[C@H](C)[C@@H]2C)cc1. The van der Waals surface area contributed by atoms with Crippen LogP contribution in [0.15, 0.2) is 24.3 Å². The van der Waals surface area contributed by atoms with Gasteiger partial charge in [0.15, 0.2) is 6.61 Å². The molecular formula is C19H27NO4. The normalized spacial score (nSPS) is 23.4. The molecule has 24 heavy (non-hydrogen) atoms. The van der Waals surface area contributed by atoms with Gasteiger partial charge in [-0.15, -0.1) is 0 Å². The first-order valence-electron chi connectivity index (χ1n) is 8.70. The molecule has 132 valence electrons. The summed E-state index contributed by atoms with van der Waals surface area (Å²) in [6.45, 7) is 6.53. The molecular weight excluding hydrogens is 306 g/mol. The molecule has 0 unspecified atom stereocenters. The van der Waals surface area contributed by atoms with E-state index in [1.165, 1.54) is 6.42 Å². The molecule has 1 aliphatic rings. The van der Waals surface area contributed by atoms with Gasteiger partial charge in [-0.3, -0.25) is 4.79 Å². The predicted octanol–water partition coefficient (Wildman–Crippen LogP) is 3.18. The number of rotatable bonds is 6. The van der Waals surface area contributed by atoms with E-state index in [0.29, 0.717) is 29.8 Å². The lowest BCUT2D eigenvalue weighted by Crippen LogP contribution is -2.45. The van der Waals surface area contributed by atoms with Crippen LogP contribution in [0.3, 0.4) is 0 Å². The summed E-state index contributed by atoms with van der Waals surface area (Å²) in [5.41, 5.74) is 0.471. The van der Waals surface area contributed by atoms with E-state index in [1.807, 2.05) is 0 Å². The molecule has 1 amide bonds. The van der Waals surface area contributed by atoms with Crippen molar-refractivity contribution in [3.8, 4) is 5.75 Å². The van der Waals surface area contributed by atoms with E-state index >= 15 is 0 Å². The molecule has 0 heterocycles. The lowest BCUT2D eigenvalue weighted by molar-refractivity contribution is -0.124. The Labute approximate surface area is 143 Å². The van der Waals surface area contributed by atoms with Crippen LogP contribution < -0.4 is 10.1 Å². The third kappa shape index (κ3) is 4.98. The molecule has 2 rings (SSSR count). The van der Waals surface area contributed by atoms with Gasteiger partial charge in [0.25, 0.3) is 5.91 Å². The van der Waals surface area contributed by atoms with Gasteiger partial charge in [0.2, 0.25) is 0 Å². The summed E-state index contributed by atoms with van der Waals surface area (Å²) in [5.74, 6) is 1.23. The average Bonchev–Trinajstić information content (AvgIpc) is 2.58. The Balaban J connectivity index is 1.80. The van der Waals surface area contributed by atoms with Crippen molar-refractivity contribution in [2.24, 2.45) is 11.8 Å². The summed E-state index contributed by atoms with van der Waals surface area (Å²) in [4.78, 5) is 23.7. The zero-order valence-corrected chi connectivity index (χ0v) is 14.7. The number of esters is 1. The average molecular weight is 333 g/mol. The Hall–Kier alpha value is -2.04. The number of hydrogen-bond donors (Lipinski definition) is 1. The van der Waals surface area contributed by atoms with Crippen LogP contribution in [0.2, 0.25) is 0 Å². The smallest absolute Gasteiger partial charge is 0.338 e. The maximum atomic E-state index is 12.1. The van der Waals surface area contributed by atoms with E-state index in [9.17, 15) is 9.59 Å². The first kappa shape index (κ1) is 18.3. The number of carbonyl (C=O) groups is 2. The second-order valence-corrected chi connectivity index (χ2v) is 6.47. The van der Waals surface area contributed by atoms with Crippen LogP contribution in [0.25, 0.3) is 0 Å². The molecule has 1 N–H and O–H groups in total. The first-order chi connectivity index (χ1) is 11.5. The number of ether oxygens (including phenoxy) is 2. The minimum atomic E-state index is -0.359. The topological polar surface area (TPSA) is 64.6 Å². The minimum absolute atomic E-state index is 0.0175. The van der Waals surface area contributed by atoms with Crippen molar-refractivity contribution in [2.45, 2.75) is 46.1 Å². The van der Waals surface area contributed by atoms with Crippen molar-refractivity contribution in [2.75, 3.05) is 13.2 Å². The van der Waals surface area contributed by atoms with Gasteiger partial charge in [-0.1, -0.05) is 26.7 Å². The highest BCUT2D eigenvalue weighted by molar-refractivity contribution is 5.89. The van der Waals surface area contributed by atoms with Gasteiger partial charge in [-0.05, 0) is 49.4 Å². The van der Waals surface area contributed by atoms with Crippen LogP contribution in [-0.2, 0) is 9.53 Å². The summed E-state index contributed by atoms with van der Waals surface area (Å²) in [5, 5.41) is 3.08. The fraction of sp³-hybridized carbons (Fsp3) is 0.579. The molecule has 1 saturated carbocycles. The van der Waals surface area contributed by atoms with Crippen LogP contribution in [-0.4, -0.2) is 31.1 Å². The Morgan fingerprint density at radius 1 is 1.17 bits per heavy atom. The maximum Gasteiger partial charge on any atom is 0.338 e. The molecule has 5 nitrogen and oxygen atoms in total. The summed E-state index contributed by atoms with van der Waals surface area (Å²) in [6.07, 6.45) is 3.43. The largest absolute Gasteiger partial charge is 0.484 e.